The molecule has 2 rings (SSSR count). The average molecular weight is 287 g/mol. The smallest absolute Gasteiger partial charge is 0.307 e. The van der Waals surface area contributed by atoms with Gasteiger partial charge in [0.05, 0.1) is 17.1 Å². The Morgan fingerprint density at radius 2 is 1.90 bits per heavy atom. The monoisotopic (exact) mass is 287 g/mol. The first-order chi connectivity index (χ1) is 9.49. The van der Waals surface area contributed by atoms with Crippen LogP contribution in [0.2, 0.25) is 0 Å². The van der Waals surface area contributed by atoms with Crippen LogP contribution in [0.5, 0.6) is 5.75 Å². The minimum absolute atomic E-state index is 0.404. The van der Waals surface area contributed by atoms with Crippen molar-refractivity contribution < 1.29 is 23.5 Å². The number of rotatable bonds is 3. The number of hydrogen-bond donors (Lipinski definition) is 1. The zero-order valence-electron chi connectivity index (χ0n) is 10.7. The molecule has 1 aliphatic carbocycles. The van der Waals surface area contributed by atoms with Gasteiger partial charge in [-0.15, -0.1) is 0 Å². The lowest BCUT2D eigenvalue weighted by molar-refractivity contribution is -0.387. The van der Waals surface area contributed by atoms with Crippen molar-refractivity contribution in [2.75, 3.05) is 0 Å². The Morgan fingerprint density at radius 1 is 1.20 bits per heavy atom. The number of hydrogen-bond acceptors (Lipinski definition) is 4. The summed E-state index contributed by atoms with van der Waals surface area (Å²) in [6.07, 6.45) is 2.37. The number of benzene rings is 1. The van der Waals surface area contributed by atoms with Crippen LogP contribution >= 0.6 is 0 Å². The van der Waals surface area contributed by atoms with E-state index in [-0.39, 0.29) is 0 Å². The largest absolute Gasteiger partial charge is 0.485 e. The number of halogens is 2. The molecule has 2 unspecified atom stereocenters. The number of nitro groups is 1. The summed E-state index contributed by atoms with van der Waals surface area (Å²) in [5.41, 5.74) is -0.934. The summed E-state index contributed by atoms with van der Waals surface area (Å²) in [5, 5.41) is 20.4. The van der Waals surface area contributed by atoms with Crippen LogP contribution in [0, 0.1) is 21.7 Å². The Labute approximate surface area is 114 Å². The van der Waals surface area contributed by atoms with E-state index in [4.69, 9.17) is 4.74 Å². The van der Waals surface area contributed by atoms with Crippen molar-refractivity contribution in [2.45, 2.75) is 44.3 Å². The molecule has 20 heavy (non-hydrogen) atoms. The van der Waals surface area contributed by atoms with Crippen molar-refractivity contribution in [3.8, 4) is 5.75 Å². The highest BCUT2D eigenvalue weighted by Gasteiger charge is 2.26. The van der Waals surface area contributed by atoms with Crippen LogP contribution in [0.1, 0.15) is 32.1 Å². The first kappa shape index (κ1) is 14.6. The highest BCUT2D eigenvalue weighted by Crippen LogP contribution is 2.29. The second kappa shape index (κ2) is 6.13. The van der Waals surface area contributed by atoms with Crippen molar-refractivity contribution >= 4 is 5.69 Å². The van der Waals surface area contributed by atoms with E-state index in [1.54, 1.807) is 0 Å². The number of nitrogens with zero attached hydrogens (tertiary/aromatic N) is 1. The van der Waals surface area contributed by atoms with Crippen molar-refractivity contribution in [2.24, 2.45) is 0 Å². The van der Waals surface area contributed by atoms with Crippen molar-refractivity contribution in [3.63, 3.8) is 0 Å². The molecule has 0 heterocycles. The molecule has 0 bridgehead atoms. The molecular formula is C13H15F2NO4. The summed E-state index contributed by atoms with van der Waals surface area (Å²) in [7, 11) is 0. The van der Waals surface area contributed by atoms with Crippen LogP contribution in [0.3, 0.4) is 0 Å². The molecule has 0 saturated heterocycles. The molecule has 5 nitrogen and oxygen atoms in total. The lowest BCUT2D eigenvalue weighted by Gasteiger charge is -2.22. The topological polar surface area (TPSA) is 72.6 Å². The predicted octanol–water partition coefficient (Wildman–Crippen LogP) is 2.95. The van der Waals surface area contributed by atoms with Crippen LogP contribution in [0.4, 0.5) is 14.5 Å². The van der Waals surface area contributed by atoms with E-state index in [1.807, 2.05) is 0 Å². The Balaban J connectivity index is 2.20. The molecule has 1 aromatic rings. The van der Waals surface area contributed by atoms with E-state index in [9.17, 15) is 24.0 Å². The van der Waals surface area contributed by atoms with Crippen LogP contribution < -0.4 is 4.74 Å². The molecule has 0 aliphatic heterocycles. The maximum Gasteiger partial charge on any atom is 0.307 e. The van der Waals surface area contributed by atoms with E-state index in [1.165, 1.54) is 0 Å². The molecule has 1 fully saturated rings. The van der Waals surface area contributed by atoms with Crippen molar-refractivity contribution in [1.82, 2.24) is 0 Å². The fourth-order valence-electron chi connectivity index (χ4n) is 2.30. The zero-order chi connectivity index (χ0) is 14.7. The number of nitro benzene ring substituents is 1. The van der Waals surface area contributed by atoms with E-state index < -0.39 is 40.2 Å². The van der Waals surface area contributed by atoms with Gasteiger partial charge in [-0.1, -0.05) is 12.8 Å². The molecule has 0 spiro atoms. The third-order valence-electron chi connectivity index (χ3n) is 3.39. The summed E-state index contributed by atoms with van der Waals surface area (Å²) < 4.78 is 32.5. The first-order valence-corrected chi connectivity index (χ1v) is 6.47. The summed E-state index contributed by atoms with van der Waals surface area (Å²) in [5.74, 6) is -2.57. The molecule has 1 N–H and O–H groups in total. The van der Waals surface area contributed by atoms with Crippen LogP contribution in [0.15, 0.2) is 12.1 Å². The third-order valence-corrected chi connectivity index (χ3v) is 3.39. The van der Waals surface area contributed by atoms with Gasteiger partial charge in [-0.25, -0.2) is 4.39 Å². The van der Waals surface area contributed by atoms with Gasteiger partial charge in [-0.2, -0.15) is 4.39 Å². The van der Waals surface area contributed by atoms with Gasteiger partial charge in [0.15, 0.2) is 11.6 Å². The van der Waals surface area contributed by atoms with Crippen LogP contribution in [-0.2, 0) is 0 Å². The molecule has 1 aromatic carbocycles. The van der Waals surface area contributed by atoms with Crippen LogP contribution in [-0.4, -0.2) is 22.2 Å². The SMILES string of the molecule is O=[N+]([O-])c1cc(F)c(OC2CCCCCC2O)cc1F. The van der Waals surface area contributed by atoms with E-state index in [2.05, 4.69) is 0 Å². The summed E-state index contributed by atoms with van der Waals surface area (Å²) >= 11 is 0. The Bertz CT molecular complexity index is 509. The minimum Gasteiger partial charge on any atom is -0.485 e. The van der Waals surface area contributed by atoms with Gasteiger partial charge in [0.1, 0.15) is 6.10 Å². The lowest BCUT2D eigenvalue weighted by atomic mass is 10.1. The van der Waals surface area contributed by atoms with Gasteiger partial charge in [0.2, 0.25) is 5.82 Å². The molecule has 110 valence electrons. The molecule has 1 aliphatic rings. The average Bonchev–Trinajstić information content (AvgIpc) is 2.58. The number of ether oxygens (including phenoxy) is 1. The normalized spacial score (nSPS) is 23.1. The Kier molecular flexibility index (Phi) is 4.49. The van der Waals surface area contributed by atoms with E-state index in [0.717, 1.165) is 19.3 Å². The van der Waals surface area contributed by atoms with Gasteiger partial charge < -0.3 is 9.84 Å². The van der Waals surface area contributed by atoms with Crippen molar-refractivity contribution in [1.29, 1.82) is 0 Å². The molecule has 1 saturated carbocycles. The third kappa shape index (κ3) is 3.22. The van der Waals surface area contributed by atoms with Gasteiger partial charge >= 0.3 is 5.69 Å². The first-order valence-electron chi connectivity index (χ1n) is 6.47. The Hall–Kier alpha value is -1.76. The second-order valence-electron chi connectivity index (χ2n) is 4.85. The number of aliphatic hydroxyl groups excluding tert-OH is 1. The maximum absolute atomic E-state index is 13.7. The highest BCUT2D eigenvalue weighted by atomic mass is 19.1. The maximum atomic E-state index is 13.7. The summed E-state index contributed by atoms with van der Waals surface area (Å²) in [6, 6.07) is 1.15. The lowest BCUT2D eigenvalue weighted by Crippen LogP contribution is -2.30. The fourth-order valence-corrected chi connectivity index (χ4v) is 2.30. The quantitative estimate of drug-likeness (QED) is 0.527. The molecule has 0 aromatic heterocycles. The summed E-state index contributed by atoms with van der Waals surface area (Å²) in [4.78, 5) is 9.49. The van der Waals surface area contributed by atoms with Crippen LogP contribution in [0.25, 0.3) is 0 Å². The molecule has 7 heteroatoms. The van der Waals surface area contributed by atoms with Gasteiger partial charge in [-0.05, 0) is 19.3 Å². The molecule has 0 radical (unpaired) electrons. The predicted molar refractivity (Wildman–Crippen MR) is 66.5 cm³/mol. The number of aliphatic hydroxyl groups is 1. The van der Waals surface area contributed by atoms with E-state index in [0.29, 0.717) is 25.0 Å². The van der Waals surface area contributed by atoms with Gasteiger partial charge in [0, 0.05) is 6.07 Å². The van der Waals surface area contributed by atoms with Crippen molar-refractivity contribution in [3.05, 3.63) is 33.9 Å². The summed E-state index contributed by atoms with van der Waals surface area (Å²) in [6.45, 7) is 0. The van der Waals surface area contributed by atoms with E-state index >= 15 is 0 Å². The van der Waals surface area contributed by atoms with Gasteiger partial charge in [-0.3, -0.25) is 10.1 Å². The fraction of sp³-hybridized carbons (Fsp3) is 0.538. The zero-order valence-corrected chi connectivity index (χ0v) is 10.7. The molecular weight excluding hydrogens is 272 g/mol. The highest BCUT2D eigenvalue weighted by molar-refractivity contribution is 5.39. The molecule has 0 amide bonds. The standard InChI is InChI=1S/C13H15F2NO4/c14-8-7-13(9(15)6-10(8)16(18)19)20-12-5-3-1-2-4-11(12)17/h6-7,11-12,17H,1-5H2. The minimum atomic E-state index is -1.16. The Morgan fingerprint density at radius 3 is 2.60 bits per heavy atom. The van der Waals surface area contributed by atoms with Gasteiger partial charge in [0.25, 0.3) is 0 Å². The molecule has 2 atom stereocenters. The second-order valence-corrected chi connectivity index (χ2v) is 4.85.